The van der Waals surface area contributed by atoms with E-state index in [-0.39, 0.29) is 12.3 Å². The van der Waals surface area contributed by atoms with Crippen LogP contribution in [0.4, 0.5) is 0 Å². The molecule has 0 amide bonds. The van der Waals surface area contributed by atoms with Gasteiger partial charge in [0.05, 0.1) is 12.3 Å². The van der Waals surface area contributed by atoms with Crippen LogP contribution in [0.1, 0.15) is 5.82 Å². The fourth-order valence-corrected chi connectivity index (χ4v) is 2.75. The lowest BCUT2D eigenvalue weighted by Gasteiger charge is -2.26. The summed E-state index contributed by atoms with van der Waals surface area (Å²) in [5.41, 5.74) is 0. The molecule has 0 aliphatic carbocycles. The zero-order chi connectivity index (χ0) is 12.8. The van der Waals surface area contributed by atoms with Crippen LogP contribution in [0.3, 0.4) is 0 Å². The molecule has 102 valence electrons. The van der Waals surface area contributed by atoms with Crippen molar-refractivity contribution in [1.29, 1.82) is 0 Å². The van der Waals surface area contributed by atoms with Crippen molar-refractivity contribution in [1.82, 2.24) is 30.1 Å². The largest absolute Gasteiger partial charge is 0.314 e. The molecular weight excluding hydrogens is 256 g/mol. The Hall–Kier alpha value is -1.03. The molecule has 1 aliphatic heterocycles. The molecule has 9 heteroatoms. The molecule has 0 spiro atoms. The zero-order valence-corrected chi connectivity index (χ0v) is 10.9. The Kier molecular flexibility index (Phi) is 4.64. The van der Waals surface area contributed by atoms with Crippen LogP contribution >= 0.6 is 0 Å². The molecule has 0 aromatic carbocycles. The summed E-state index contributed by atoms with van der Waals surface area (Å²) < 4.78 is 26.0. The Morgan fingerprint density at radius 2 is 2.17 bits per heavy atom. The van der Waals surface area contributed by atoms with Crippen LogP contribution in [0.25, 0.3) is 0 Å². The van der Waals surface area contributed by atoms with Crippen molar-refractivity contribution in [3.63, 3.8) is 0 Å². The van der Waals surface area contributed by atoms with E-state index in [1.807, 2.05) is 0 Å². The van der Waals surface area contributed by atoms with Crippen molar-refractivity contribution in [3.8, 4) is 0 Å². The van der Waals surface area contributed by atoms with Gasteiger partial charge < -0.3 is 5.32 Å². The first-order chi connectivity index (χ1) is 8.66. The third-order valence-electron chi connectivity index (χ3n) is 2.81. The fraction of sp³-hybridized carbons (Fsp3) is 0.778. The van der Waals surface area contributed by atoms with Crippen molar-refractivity contribution in [2.75, 3.05) is 38.5 Å². The zero-order valence-electron chi connectivity index (χ0n) is 10.1. The molecular formula is C9H18N6O2S. The number of hydrogen-bond acceptors (Lipinski definition) is 6. The average Bonchev–Trinajstić information content (AvgIpc) is 2.89. The van der Waals surface area contributed by atoms with Gasteiger partial charge in [0.25, 0.3) is 0 Å². The Bertz CT molecular complexity index is 440. The lowest BCUT2D eigenvalue weighted by molar-refractivity contribution is 0.253. The Morgan fingerprint density at radius 1 is 1.39 bits per heavy atom. The van der Waals surface area contributed by atoms with Gasteiger partial charge in [-0.3, -0.25) is 10.00 Å². The highest BCUT2D eigenvalue weighted by molar-refractivity contribution is 7.89. The summed E-state index contributed by atoms with van der Waals surface area (Å²) in [7, 11) is -3.26. The number of aromatic amines is 1. The number of H-pyrrole nitrogens is 1. The van der Waals surface area contributed by atoms with Gasteiger partial charge >= 0.3 is 0 Å². The standard InChI is InChI=1S/C9H18N6O2S/c16-18(17,13-7-9-11-8-12-14-9)6-5-15-3-1-10-2-4-15/h8,10,13H,1-7H2,(H,11,12,14). The van der Waals surface area contributed by atoms with Gasteiger partial charge in [-0.2, -0.15) is 5.10 Å². The van der Waals surface area contributed by atoms with Crippen LogP contribution in [0.5, 0.6) is 0 Å². The number of piperazine rings is 1. The predicted octanol–water partition coefficient (Wildman–Crippen LogP) is -1.87. The third-order valence-corrected chi connectivity index (χ3v) is 4.11. The first-order valence-electron chi connectivity index (χ1n) is 5.90. The maximum absolute atomic E-state index is 11.8. The minimum absolute atomic E-state index is 0.112. The summed E-state index contributed by atoms with van der Waals surface area (Å²) in [6.07, 6.45) is 1.35. The van der Waals surface area contributed by atoms with Gasteiger partial charge in [-0.25, -0.2) is 18.1 Å². The van der Waals surface area contributed by atoms with E-state index in [1.54, 1.807) is 0 Å². The molecule has 18 heavy (non-hydrogen) atoms. The van der Waals surface area contributed by atoms with Crippen LogP contribution in [-0.4, -0.2) is 67.0 Å². The summed E-state index contributed by atoms with van der Waals surface area (Å²) in [5, 5.41) is 9.49. The summed E-state index contributed by atoms with van der Waals surface area (Å²) in [6.45, 7) is 4.36. The van der Waals surface area contributed by atoms with Crippen molar-refractivity contribution in [2.24, 2.45) is 0 Å². The number of aromatic nitrogens is 3. The van der Waals surface area contributed by atoms with Crippen molar-refractivity contribution in [2.45, 2.75) is 6.54 Å². The minimum atomic E-state index is -3.26. The van der Waals surface area contributed by atoms with E-state index in [1.165, 1.54) is 6.33 Å². The second kappa shape index (κ2) is 6.23. The predicted molar refractivity (Wildman–Crippen MR) is 66.3 cm³/mol. The Balaban J connectivity index is 1.73. The molecule has 0 atom stereocenters. The van der Waals surface area contributed by atoms with Gasteiger partial charge in [-0.1, -0.05) is 0 Å². The third kappa shape index (κ3) is 4.33. The van der Waals surface area contributed by atoms with Crippen LogP contribution in [0.15, 0.2) is 6.33 Å². The van der Waals surface area contributed by atoms with E-state index in [2.05, 4.69) is 30.1 Å². The van der Waals surface area contributed by atoms with Crippen LogP contribution in [-0.2, 0) is 16.6 Å². The monoisotopic (exact) mass is 274 g/mol. The number of nitrogens with zero attached hydrogens (tertiary/aromatic N) is 3. The van der Waals surface area contributed by atoms with Crippen molar-refractivity contribution < 1.29 is 8.42 Å². The molecule has 2 heterocycles. The molecule has 1 fully saturated rings. The van der Waals surface area contributed by atoms with Crippen LogP contribution in [0.2, 0.25) is 0 Å². The summed E-state index contributed by atoms with van der Waals surface area (Å²) in [5.74, 6) is 0.627. The molecule has 0 radical (unpaired) electrons. The van der Waals surface area contributed by atoms with Gasteiger partial charge in [0.2, 0.25) is 10.0 Å². The highest BCUT2D eigenvalue weighted by atomic mass is 32.2. The highest BCUT2D eigenvalue weighted by Crippen LogP contribution is 1.95. The van der Waals surface area contributed by atoms with E-state index >= 15 is 0 Å². The Labute approximate surface area is 106 Å². The van der Waals surface area contributed by atoms with E-state index in [0.29, 0.717) is 12.4 Å². The maximum Gasteiger partial charge on any atom is 0.213 e. The smallest absolute Gasteiger partial charge is 0.213 e. The number of nitrogens with one attached hydrogen (secondary N) is 3. The average molecular weight is 274 g/mol. The summed E-state index contributed by atoms with van der Waals surface area (Å²) in [6, 6.07) is 0. The number of sulfonamides is 1. The minimum Gasteiger partial charge on any atom is -0.314 e. The highest BCUT2D eigenvalue weighted by Gasteiger charge is 2.15. The lowest BCUT2D eigenvalue weighted by atomic mass is 10.4. The first kappa shape index (κ1) is 13.4. The molecule has 0 bridgehead atoms. The molecule has 2 rings (SSSR count). The van der Waals surface area contributed by atoms with E-state index in [0.717, 1.165) is 26.2 Å². The van der Waals surface area contributed by atoms with Gasteiger partial charge in [-0.15, -0.1) is 0 Å². The number of hydrogen-bond donors (Lipinski definition) is 3. The first-order valence-corrected chi connectivity index (χ1v) is 7.55. The van der Waals surface area contributed by atoms with Gasteiger partial charge in [0, 0.05) is 32.7 Å². The van der Waals surface area contributed by atoms with Gasteiger partial charge in [0.15, 0.2) is 0 Å². The molecule has 1 aliphatic rings. The molecule has 1 aromatic rings. The molecule has 8 nitrogen and oxygen atoms in total. The van der Waals surface area contributed by atoms with Gasteiger partial charge in [-0.05, 0) is 0 Å². The topological polar surface area (TPSA) is 103 Å². The van der Waals surface area contributed by atoms with Crippen LogP contribution < -0.4 is 10.0 Å². The van der Waals surface area contributed by atoms with Crippen molar-refractivity contribution in [3.05, 3.63) is 12.2 Å². The summed E-state index contributed by atoms with van der Waals surface area (Å²) in [4.78, 5) is 6.00. The second-order valence-corrected chi connectivity index (χ2v) is 6.09. The number of rotatable bonds is 6. The molecule has 1 saturated heterocycles. The molecule has 1 aromatic heterocycles. The molecule has 0 saturated carbocycles. The van der Waals surface area contributed by atoms with E-state index in [4.69, 9.17) is 0 Å². The van der Waals surface area contributed by atoms with E-state index < -0.39 is 10.0 Å². The SMILES string of the molecule is O=S(=O)(CCN1CCNCC1)NCc1ncn[nH]1. The summed E-state index contributed by atoms with van der Waals surface area (Å²) >= 11 is 0. The molecule has 3 N–H and O–H groups in total. The fourth-order valence-electron chi connectivity index (χ4n) is 1.75. The second-order valence-electron chi connectivity index (χ2n) is 4.16. The Morgan fingerprint density at radius 3 is 2.83 bits per heavy atom. The molecule has 0 unspecified atom stereocenters. The van der Waals surface area contributed by atoms with Crippen LogP contribution in [0, 0.1) is 0 Å². The maximum atomic E-state index is 11.8. The normalized spacial score (nSPS) is 18.0. The van der Waals surface area contributed by atoms with Gasteiger partial charge in [0.1, 0.15) is 12.2 Å². The lowest BCUT2D eigenvalue weighted by Crippen LogP contribution is -2.45. The van der Waals surface area contributed by atoms with E-state index in [9.17, 15) is 8.42 Å². The quantitative estimate of drug-likeness (QED) is 0.561. The van der Waals surface area contributed by atoms with Crippen molar-refractivity contribution >= 4 is 10.0 Å².